The summed E-state index contributed by atoms with van der Waals surface area (Å²) >= 11 is 0. The Morgan fingerprint density at radius 3 is 2.50 bits per heavy atom. The SMILES string of the molecule is O=C(NCCN1CCC(O)(c2ccc(F)cc2)CC1)C1CC1. The molecule has 1 amide bonds. The molecule has 1 aliphatic carbocycles. The molecule has 1 saturated heterocycles. The number of likely N-dealkylation sites (tertiary alicyclic amines) is 1. The summed E-state index contributed by atoms with van der Waals surface area (Å²) < 4.78 is 13.0. The smallest absolute Gasteiger partial charge is 0.223 e. The fraction of sp³-hybridized carbons (Fsp3) is 0.588. The van der Waals surface area contributed by atoms with Crippen LogP contribution in [0.5, 0.6) is 0 Å². The molecule has 22 heavy (non-hydrogen) atoms. The highest BCUT2D eigenvalue weighted by molar-refractivity contribution is 5.80. The zero-order valence-electron chi connectivity index (χ0n) is 12.7. The van der Waals surface area contributed by atoms with Gasteiger partial charge in [0.15, 0.2) is 0 Å². The second-order valence-corrected chi connectivity index (χ2v) is 6.45. The van der Waals surface area contributed by atoms with Crippen molar-refractivity contribution in [1.29, 1.82) is 0 Å². The van der Waals surface area contributed by atoms with Crippen LogP contribution in [0.4, 0.5) is 4.39 Å². The van der Waals surface area contributed by atoms with Crippen molar-refractivity contribution in [2.45, 2.75) is 31.3 Å². The topological polar surface area (TPSA) is 52.6 Å². The quantitative estimate of drug-likeness (QED) is 0.869. The van der Waals surface area contributed by atoms with Gasteiger partial charge in [-0.15, -0.1) is 0 Å². The van der Waals surface area contributed by atoms with Crippen molar-refractivity contribution in [3.05, 3.63) is 35.6 Å². The molecular formula is C17H23FN2O2. The van der Waals surface area contributed by atoms with Gasteiger partial charge in [-0.25, -0.2) is 4.39 Å². The minimum atomic E-state index is -0.860. The Morgan fingerprint density at radius 1 is 1.27 bits per heavy atom. The standard InChI is InChI=1S/C17H23FN2O2/c18-15-5-3-14(4-6-15)17(22)7-10-20(11-8-17)12-9-19-16(21)13-1-2-13/h3-6,13,22H,1-2,7-12H2,(H,19,21). The summed E-state index contributed by atoms with van der Waals surface area (Å²) in [6, 6.07) is 6.13. The molecule has 2 N–H and O–H groups in total. The Kier molecular flexibility index (Phi) is 4.45. The molecule has 0 aromatic heterocycles. The number of nitrogens with zero attached hydrogens (tertiary/aromatic N) is 1. The maximum atomic E-state index is 13.0. The Morgan fingerprint density at radius 2 is 1.91 bits per heavy atom. The number of piperidine rings is 1. The van der Waals surface area contributed by atoms with Gasteiger partial charge < -0.3 is 15.3 Å². The Bertz CT molecular complexity index is 520. The molecule has 0 atom stereocenters. The van der Waals surface area contributed by atoms with E-state index >= 15 is 0 Å². The van der Waals surface area contributed by atoms with E-state index in [0.29, 0.717) is 19.4 Å². The molecule has 0 spiro atoms. The first-order valence-electron chi connectivity index (χ1n) is 8.05. The maximum absolute atomic E-state index is 13.0. The Labute approximate surface area is 130 Å². The second-order valence-electron chi connectivity index (χ2n) is 6.45. The van der Waals surface area contributed by atoms with Crippen molar-refractivity contribution >= 4 is 5.91 Å². The number of aliphatic hydroxyl groups is 1. The lowest BCUT2D eigenvalue weighted by Gasteiger charge is -2.38. The van der Waals surface area contributed by atoms with Crippen LogP contribution in [-0.4, -0.2) is 42.1 Å². The van der Waals surface area contributed by atoms with Gasteiger partial charge in [0, 0.05) is 32.1 Å². The minimum Gasteiger partial charge on any atom is -0.385 e. The lowest BCUT2D eigenvalue weighted by atomic mass is 9.84. The molecule has 5 heteroatoms. The van der Waals surface area contributed by atoms with Crippen LogP contribution in [0, 0.1) is 11.7 Å². The van der Waals surface area contributed by atoms with Crippen LogP contribution in [0.3, 0.4) is 0 Å². The number of nitrogens with one attached hydrogen (secondary N) is 1. The van der Waals surface area contributed by atoms with Crippen molar-refractivity contribution in [2.75, 3.05) is 26.2 Å². The molecule has 120 valence electrons. The highest BCUT2D eigenvalue weighted by atomic mass is 19.1. The van der Waals surface area contributed by atoms with Crippen molar-refractivity contribution in [2.24, 2.45) is 5.92 Å². The molecule has 1 saturated carbocycles. The highest BCUT2D eigenvalue weighted by Crippen LogP contribution is 2.32. The zero-order chi connectivity index (χ0) is 15.6. The molecule has 2 fully saturated rings. The molecule has 4 nitrogen and oxygen atoms in total. The molecule has 2 aliphatic rings. The van der Waals surface area contributed by atoms with E-state index in [1.165, 1.54) is 12.1 Å². The molecule has 0 unspecified atom stereocenters. The normalized spacial score (nSPS) is 21.5. The maximum Gasteiger partial charge on any atom is 0.223 e. The third-order valence-electron chi connectivity index (χ3n) is 4.74. The van der Waals surface area contributed by atoms with Gasteiger partial charge >= 0.3 is 0 Å². The van der Waals surface area contributed by atoms with Crippen LogP contribution in [0.25, 0.3) is 0 Å². The van der Waals surface area contributed by atoms with Gasteiger partial charge in [-0.2, -0.15) is 0 Å². The van der Waals surface area contributed by atoms with Gasteiger partial charge in [-0.1, -0.05) is 12.1 Å². The third kappa shape index (κ3) is 3.65. The van der Waals surface area contributed by atoms with Gasteiger partial charge in [0.25, 0.3) is 0 Å². The molecule has 1 aromatic rings. The number of carbonyl (C=O) groups excluding carboxylic acids is 1. The number of rotatable bonds is 5. The third-order valence-corrected chi connectivity index (χ3v) is 4.74. The van der Waals surface area contributed by atoms with Crippen molar-refractivity contribution in [3.63, 3.8) is 0 Å². The molecule has 1 aliphatic heterocycles. The van der Waals surface area contributed by atoms with E-state index in [-0.39, 0.29) is 17.6 Å². The van der Waals surface area contributed by atoms with Crippen molar-refractivity contribution < 1.29 is 14.3 Å². The molecule has 0 radical (unpaired) electrons. The van der Waals surface area contributed by atoms with E-state index in [4.69, 9.17) is 0 Å². The number of hydrogen-bond donors (Lipinski definition) is 2. The Hall–Kier alpha value is -1.46. The fourth-order valence-electron chi connectivity index (χ4n) is 3.02. The first-order chi connectivity index (χ1) is 10.6. The first kappa shape index (κ1) is 15.4. The average Bonchev–Trinajstić information content (AvgIpc) is 3.35. The monoisotopic (exact) mass is 306 g/mol. The van der Waals surface area contributed by atoms with Crippen LogP contribution in [0.15, 0.2) is 24.3 Å². The van der Waals surface area contributed by atoms with Gasteiger partial charge in [-0.05, 0) is 43.4 Å². The van der Waals surface area contributed by atoms with E-state index in [2.05, 4.69) is 10.2 Å². The number of carbonyl (C=O) groups is 1. The first-order valence-corrected chi connectivity index (χ1v) is 8.05. The minimum absolute atomic E-state index is 0.180. The van der Waals surface area contributed by atoms with Crippen LogP contribution >= 0.6 is 0 Å². The molecule has 1 aromatic carbocycles. The molecule has 0 bridgehead atoms. The summed E-state index contributed by atoms with van der Waals surface area (Å²) in [4.78, 5) is 13.8. The predicted octanol–water partition coefficient (Wildman–Crippen LogP) is 1.64. The van der Waals surface area contributed by atoms with E-state index in [0.717, 1.165) is 38.0 Å². The summed E-state index contributed by atoms with van der Waals surface area (Å²) in [5.74, 6) is 0.154. The lowest BCUT2D eigenvalue weighted by molar-refractivity contribution is -0.122. The zero-order valence-corrected chi connectivity index (χ0v) is 12.7. The van der Waals surface area contributed by atoms with E-state index in [1.54, 1.807) is 12.1 Å². The van der Waals surface area contributed by atoms with Gasteiger partial charge in [0.2, 0.25) is 5.91 Å². The lowest BCUT2D eigenvalue weighted by Crippen LogP contribution is -2.45. The van der Waals surface area contributed by atoms with Gasteiger partial charge in [-0.3, -0.25) is 4.79 Å². The van der Waals surface area contributed by atoms with Crippen molar-refractivity contribution in [3.8, 4) is 0 Å². The summed E-state index contributed by atoms with van der Waals surface area (Å²) in [6.07, 6.45) is 3.32. The number of amides is 1. The fourth-order valence-corrected chi connectivity index (χ4v) is 3.02. The van der Waals surface area contributed by atoms with Crippen LogP contribution in [0.1, 0.15) is 31.2 Å². The van der Waals surface area contributed by atoms with E-state index in [1.807, 2.05) is 0 Å². The van der Waals surface area contributed by atoms with Crippen LogP contribution in [-0.2, 0) is 10.4 Å². The van der Waals surface area contributed by atoms with Crippen LogP contribution < -0.4 is 5.32 Å². The number of benzene rings is 1. The Balaban J connectivity index is 1.45. The van der Waals surface area contributed by atoms with Gasteiger partial charge in [0.1, 0.15) is 5.82 Å². The second kappa shape index (κ2) is 6.34. The molecular weight excluding hydrogens is 283 g/mol. The average molecular weight is 306 g/mol. The van der Waals surface area contributed by atoms with E-state index in [9.17, 15) is 14.3 Å². The van der Waals surface area contributed by atoms with E-state index < -0.39 is 5.60 Å². The van der Waals surface area contributed by atoms with Crippen molar-refractivity contribution in [1.82, 2.24) is 10.2 Å². The van der Waals surface area contributed by atoms with Gasteiger partial charge in [0.05, 0.1) is 5.60 Å². The summed E-state index contributed by atoms with van der Waals surface area (Å²) in [5.41, 5.74) is -0.0721. The number of halogens is 1. The summed E-state index contributed by atoms with van der Waals surface area (Å²) in [6.45, 7) is 3.06. The molecule has 3 rings (SSSR count). The number of hydrogen-bond acceptors (Lipinski definition) is 3. The summed E-state index contributed by atoms with van der Waals surface area (Å²) in [5, 5.41) is 13.7. The highest BCUT2D eigenvalue weighted by Gasteiger charge is 2.34. The van der Waals surface area contributed by atoms with Crippen LogP contribution in [0.2, 0.25) is 0 Å². The predicted molar refractivity (Wildman–Crippen MR) is 81.7 cm³/mol. The molecule has 1 heterocycles. The summed E-state index contributed by atoms with van der Waals surface area (Å²) in [7, 11) is 0. The largest absolute Gasteiger partial charge is 0.385 e.